The Hall–Kier alpha value is -5.38. The van der Waals surface area contributed by atoms with Crippen LogP contribution in [0.25, 0.3) is 0 Å². The molecule has 8 rings (SSSR count). The van der Waals surface area contributed by atoms with Gasteiger partial charge in [0.05, 0.1) is 24.1 Å². The van der Waals surface area contributed by atoms with Crippen LogP contribution in [-0.2, 0) is 53.3 Å². The van der Waals surface area contributed by atoms with E-state index in [1.54, 1.807) is 31.4 Å². The minimum Gasteiger partial charge on any atom is -0.336 e. The van der Waals surface area contributed by atoms with Crippen LogP contribution in [-0.4, -0.2) is 120 Å². The third-order valence-corrected chi connectivity index (χ3v) is 13.0. The number of alkyl halides is 6. The van der Waals surface area contributed by atoms with Crippen molar-refractivity contribution in [3.8, 4) is 0 Å². The molecule has 0 aliphatic carbocycles. The van der Waals surface area contributed by atoms with Crippen molar-refractivity contribution in [1.82, 2.24) is 48.5 Å². The summed E-state index contributed by atoms with van der Waals surface area (Å²) in [5.41, 5.74) is -0.697. The van der Waals surface area contributed by atoms with E-state index >= 15 is 0 Å². The summed E-state index contributed by atoms with van der Waals surface area (Å²) in [7, 11) is -3.43. The molecule has 0 N–H and O–H groups in total. The number of sulfonamides is 1. The summed E-state index contributed by atoms with van der Waals surface area (Å²) in [5.74, 6) is 0.0854. The minimum atomic E-state index is -4.42. The van der Waals surface area contributed by atoms with Gasteiger partial charge in [-0.25, -0.2) is 8.42 Å². The van der Waals surface area contributed by atoms with E-state index in [2.05, 4.69) is 20.4 Å². The lowest BCUT2D eigenvalue weighted by Gasteiger charge is -2.33. The number of benzene rings is 2. The molecule has 0 spiro atoms. The highest BCUT2D eigenvalue weighted by Crippen LogP contribution is 2.40. The minimum absolute atomic E-state index is 0.0301. The summed E-state index contributed by atoms with van der Waals surface area (Å²) in [6, 6.07) is 11.2. The first-order valence-electron chi connectivity index (χ1n) is 19.8. The van der Waals surface area contributed by atoms with Crippen LogP contribution in [0.4, 0.5) is 26.3 Å². The number of fused-ring (bicyclic) bond motifs is 2. The van der Waals surface area contributed by atoms with E-state index in [9.17, 15) is 49.1 Å². The van der Waals surface area contributed by atoms with Gasteiger partial charge in [-0.2, -0.15) is 30.6 Å². The molecular weight excluding hydrogens is 835 g/mol. The molecule has 61 heavy (non-hydrogen) atoms. The van der Waals surface area contributed by atoms with E-state index in [1.807, 2.05) is 0 Å². The Morgan fingerprint density at radius 3 is 1.41 bits per heavy atom. The largest absolute Gasteiger partial charge is 0.416 e. The average Bonchev–Trinajstić information content (AvgIpc) is 3.87. The van der Waals surface area contributed by atoms with Gasteiger partial charge < -0.3 is 14.7 Å². The first kappa shape index (κ1) is 43.7. The molecule has 15 nitrogen and oxygen atoms in total. The number of carbonyl (C=O) groups excluding carboxylic acids is 3. The van der Waals surface area contributed by atoms with E-state index < -0.39 is 39.4 Å². The molecule has 0 bridgehead atoms. The van der Waals surface area contributed by atoms with Crippen molar-refractivity contribution in [3.05, 3.63) is 94.1 Å². The van der Waals surface area contributed by atoms with Crippen LogP contribution < -0.4 is 0 Å². The predicted octanol–water partition coefficient (Wildman–Crippen LogP) is 4.77. The van der Waals surface area contributed by atoms with Crippen LogP contribution in [0.15, 0.2) is 48.5 Å². The Labute approximate surface area is 347 Å². The van der Waals surface area contributed by atoms with Crippen molar-refractivity contribution in [1.29, 1.82) is 0 Å². The van der Waals surface area contributed by atoms with Gasteiger partial charge in [-0.1, -0.05) is 36.4 Å². The average molecular weight is 879 g/mol. The molecule has 0 unspecified atom stereocenters. The Bertz CT molecular complexity index is 2380. The van der Waals surface area contributed by atoms with Crippen LogP contribution in [0.1, 0.15) is 99.6 Å². The quantitative estimate of drug-likeness (QED) is 0.258. The summed E-state index contributed by atoms with van der Waals surface area (Å²) in [6.45, 7) is 3.73. The van der Waals surface area contributed by atoms with Gasteiger partial charge in [-0.15, -0.1) is 20.4 Å². The van der Waals surface area contributed by atoms with Gasteiger partial charge in [0, 0.05) is 59.0 Å². The number of halogens is 6. The van der Waals surface area contributed by atoms with E-state index in [0.717, 1.165) is 18.4 Å². The highest BCUT2D eigenvalue weighted by molar-refractivity contribution is 7.88. The number of carbonyl (C=O) groups is 3. The lowest BCUT2D eigenvalue weighted by molar-refractivity contribution is -0.139. The number of hydrogen-bond donors (Lipinski definition) is 0. The first-order valence-corrected chi connectivity index (χ1v) is 21.6. The predicted molar refractivity (Wildman–Crippen MR) is 205 cm³/mol. The van der Waals surface area contributed by atoms with Gasteiger partial charge in [0.15, 0.2) is 0 Å². The molecule has 0 radical (unpaired) electrons. The van der Waals surface area contributed by atoms with Crippen molar-refractivity contribution in [2.75, 3.05) is 45.5 Å². The summed E-state index contributed by atoms with van der Waals surface area (Å²) in [6.07, 6.45) is -5.15. The number of rotatable bonds is 5. The second kappa shape index (κ2) is 17.2. The maximum Gasteiger partial charge on any atom is 0.416 e. The van der Waals surface area contributed by atoms with E-state index in [4.69, 9.17) is 0 Å². The number of hydrogen-bond acceptors (Lipinski definition) is 9. The van der Waals surface area contributed by atoms with Crippen molar-refractivity contribution >= 4 is 27.7 Å². The summed E-state index contributed by atoms with van der Waals surface area (Å²) in [5, 5.41) is 16.1. The van der Waals surface area contributed by atoms with Gasteiger partial charge in [0.2, 0.25) is 27.6 Å². The maximum absolute atomic E-state index is 13.3. The zero-order valence-corrected chi connectivity index (χ0v) is 34.2. The Morgan fingerprint density at radius 1 is 0.590 bits per heavy atom. The van der Waals surface area contributed by atoms with E-state index in [-0.39, 0.29) is 79.4 Å². The molecule has 4 aromatic rings. The second-order valence-electron chi connectivity index (χ2n) is 15.5. The van der Waals surface area contributed by atoms with Gasteiger partial charge in [0.1, 0.15) is 18.3 Å². The van der Waals surface area contributed by atoms with E-state index in [0.29, 0.717) is 69.8 Å². The first-order chi connectivity index (χ1) is 28.8. The summed E-state index contributed by atoms with van der Waals surface area (Å²) < 4.78 is 108. The molecule has 3 amide bonds. The lowest BCUT2D eigenvalue weighted by Crippen LogP contribution is -2.42. The SMILES string of the molecule is CC(=O)N1CCc2nnc(C(=O)N3CCC(c4ccccc4C(F)(F)F)CC3)n2C1.CS(=O)(=O)N1CCc2nnc(C(=O)N3CCC(c4ccccc4C(F)(F)F)CC3)n2C1. The molecule has 2 saturated heterocycles. The zero-order valence-electron chi connectivity index (χ0n) is 33.4. The van der Waals surface area contributed by atoms with Crippen molar-refractivity contribution in [2.45, 2.75) is 83.0 Å². The van der Waals surface area contributed by atoms with E-state index in [1.165, 1.54) is 40.1 Å². The van der Waals surface area contributed by atoms with Crippen molar-refractivity contribution in [2.24, 2.45) is 0 Å². The number of likely N-dealkylation sites (tertiary alicyclic amines) is 2. The van der Waals surface area contributed by atoms with Gasteiger partial charge in [-0.05, 0) is 60.8 Å². The monoisotopic (exact) mass is 878 g/mol. The van der Waals surface area contributed by atoms with Crippen molar-refractivity contribution in [3.63, 3.8) is 0 Å². The van der Waals surface area contributed by atoms with Gasteiger partial charge in [0.25, 0.3) is 11.8 Å². The molecule has 4 aliphatic rings. The molecule has 6 heterocycles. The highest BCUT2D eigenvalue weighted by Gasteiger charge is 2.39. The number of aromatic nitrogens is 6. The van der Waals surface area contributed by atoms with Gasteiger partial charge in [-0.3, -0.25) is 23.5 Å². The fraction of sp³-hybridized carbons (Fsp3) is 0.513. The second-order valence-corrected chi connectivity index (χ2v) is 17.5. The molecule has 2 fully saturated rings. The topological polar surface area (TPSA) is 160 Å². The summed E-state index contributed by atoms with van der Waals surface area (Å²) in [4.78, 5) is 42.5. The van der Waals surface area contributed by atoms with Crippen LogP contribution >= 0.6 is 0 Å². The smallest absolute Gasteiger partial charge is 0.336 e. The lowest BCUT2D eigenvalue weighted by atomic mass is 9.86. The molecule has 2 aromatic carbocycles. The summed E-state index contributed by atoms with van der Waals surface area (Å²) >= 11 is 0. The highest BCUT2D eigenvalue weighted by atomic mass is 32.2. The Kier molecular flexibility index (Phi) is 12.3. The molecule has 0 atom stereocenters. The fourth-order valence-corrected chi connectivity index (χ4v) is 9.15. The number of piperidine rings is 2. The Morgan fingerprint density at radius 2 is 1.00 bits per heavy atom. The third-order valence-electron chi connectivity index (χ3n) is 11.7. The Balaban J connectivity index is 0.000000184. The standard InChI is InChI=1S/C20H22F3N5O2.C19H22F3N5O3S/c1-13(29)27-11-8-17-24-25-18(28(17)12-27)19(30)26-9-6-14(7-10-26)15-4-2-3-5-16(15)20(21,22)23;1-31(29,30)26-11-8-16-23-24-17(27(16)12-26)18(28)25-9-6-13(7-10-25)14-4-2-3-5-15(14)19(20,21)22/h2-5,14H,6-12H2,1H3;2-5,13H,6-12H2,1H3. The van der Waals surface area contributed by atoms with Crippen LogP contribution in [0.5, 0.6) is 0 Å². The fourth-order valence-electron chi connectivity index (χ4n) is 8.40. The number of nitrogens with zero attached hydrogens (tertiary/aromatic N) is 10. The number of amides is 3. The zero-order chi connectivity index (χ0) is 43.9. The normalized spacial score (nSPS) is 18.3. The van der Waals surface area contributed by atoms with Crippen LogP contribution in [0.2, 0.25) is 0 Å². The maximum atomic E-state index is 13.3. The molecule has 0 saturated carbocycles. The van der Waals surface area contributed by atoms with Crippen LogP contribution in [0, 0.1) is 0 Å². The molecule has 2 aromatic heterocycles. The van der Waals surface area contributed by atoms with Crippen molar-refractivity contribution < 1.29 is 49.1 Å². The third kappa shape index (κ3) is 9.43. The molecule has 4 aliphatic heterocycles. The molecule has 328 valence electrons. The van der Waals surface area contributed by atoms with Gasteiger partial charge >= 0.3 is 12.4 Å². The van der Waals surface area contributed by atoms with Crippen LogP contribution in [0.3, 0.4) is 0 Å². The molecule has 22 heteroatoms. The molecular formula is C39H44F6N10O5S.